The summed E-state index contributed by atoms with van der Waals surface area (Å²) in [6, 6.07) is 0. The summed E-state index contributed by atoms with van der Waals surface area (Å²) >= 11 is 1.44. The molecule has 1 fully saturated rings. The molecule has 4 nitrogen and oxygen atoms in total. The number of rotatable bonds is 3. The third-order valence-corrected chi connectivity index (χ3v) is 3.08. The molecule has 1 aliphatic rings. The average Bonchev–Trinajstić information content (AvgIpc) is 2.47. The summed E-state index contributed by atoms with van der Waals surface area (Å²) in [7, 11) is 1.37. The molecule has 0 aliphatic carbocycles. The molecular weight excluding hydrogens is 178 g/mol. The molecule has 0 aromatic carbocycles. The lowest BCUT2D eigenvalue weighted by Crippen LogP contribution is -2.22. The lowest BCUT2D eigenvalue weighted by molar-refractivity contribution is -0.137. The molecule has 1 heterocycles. The number of ether oxygens (including phenoxy) is 1. The minimum atomic E-state index is -0.334. The van der Waals surface area contributed by atoms with Crippen molar-refractivity contribution in [1.82, 2.24) is 5.32 Å². The van der Waals surface area contributed by atoms with Gasteiger partial charge in [0.05, 0.1) is 19.0 Å². The van der Waals surface area contributed by atoms with Gasteiger partial charge in [-0.25, -0.2) is 0 Å². The first-order valence-electron chi connectivity index (χ1n) is 3.81. The van der Waals surface area contributed by atoms with Crippen LogP contribution in [0.4, 0.5) is 0 Å². The van der Waals surface area contributed by atoms with Gasteiger partial charge in [0, 0.05) is 18.3 Å². The molecule has 0 aromatic rings. The molecule has 0 spiro atoms. The Kier molecular flexibility index (Phi) is 3.84. The summed E-state index contributed by atoms with van der Waals surface area (Å²) in [6.07, 6.45) is -0.334. The highest BCUT2D eigenvalue weighted by Crippen LogP contribution is 2.17. The first-order chi connectivity index (χ1) is 5.74. The summed E-state index contributed by atoms with van der Waals surface area (Å²) in [5.74, 6) is 0.0824. The number of β-amino-alcohol motifs (C(OH)–C–C–N with tert-alkyl or cyclic N) is 1. The summed E-state index contributed by atoms with van der Waals surface area (Å²) < 4.78 is 4.48. The maximum atomic E-state index is 10.7. The van der Waals surface area contributed by atoms with Crippen molar-refractivity contribution >= 4 is 17.7 Å². The zero-order valence-corrected chi connectivity index (χ0v) is 7.76. The molecule has 2 N–H and O–H groups in total. The second-order valence-corrected chi connectivity index (χ2v) is 3.88. The van der Waals surface area contributed by atoms with Crippen molar-refractivity contribution in [2.24, 2.45) is 0 Å². The number of thioether (sulfide) groups is 1. The van der Waals surface area contributed by atoms with Gasteiger partial charge < -0.3 is 15.2 Å². The fourth-order valence-corrected chi connectivity index (χ4v) is 2.07. The Morgan fingerprint density at radius 3 is 3.00 bits per heavy atom. The maximum Gasteiger partial charge on any atom is 0.315 e. The Hall–Kier alpha value is -0.260. The van der Waals surface area contributed by atoms with Gasteiger partial charge in [-0.15, -0.1) is 11.8 Å². The standard InChI is InChI=1S/C7H13NO3S/c1-11-7(10)4-12-6-3-8-2-5(6)9/h5-6,8-9H,2-4H2,1H3. The molecule has 2 unspecified atom stereocenters. The second kappa shape index (κ2) is 4.69. The topological polar surface area (TPSA) is 58.6 Å². The van der Waals surface area contributed by atoms with E-state index in [9.17, 15) is 9.90 Å². The van der Waals surface area contributed by atoms with Gasteiger partial charge in [0.2, 0.25) is 0 Å². The van der Waals surface area contributed by atoms with E-state index < -0.39 is 0 Å². The van der Waals surface area contributed by atoms with Crippen molar-refractivity contribution in [3.05, 3.63) is 0 Å². The van der Waals surface area contributed by atoms with E-state index in [-0.39, 0.29) is 17.3 Å². The molecule has 2 atom stereocenters. The molecule has 1 rings (SSSR count). The number of hydrogen-bond acceptors (Lipinski definition) is 5. The third kappa shape index (κ3) is 2.66. The van der Waals surface area contributed by atoms with Crippen LogP contribution in [0.25, 0.3) is 0 Å². The zero-order valence-electron chi connectivity index (χ0n) is 6.95. The minimum absolute atomic E-state index is 0.129. The van der Waals surface area contributed by atoms with Crippen molar-refractivity contribution in [1.29, 1.82) is 0 Å². The molecule has 0 amide bonds. The Labute approximate surface area is 75.7 Å². The zero-order chi connectivity index (χ0) is 8.97. The monoisotopic (exact) mass is 191 g/mol. The molecule has 0 radical (unpaired) electrons. The minimum Gasteiger partial charge on any atom is -0.468 e. The Bertz CT molecular complexity index is 165. The van der Waals surface area contributed by atoms with Gasteiger partial charge in [-0.3, -0.25) is 4.79 Å². The Morgan fingerprint density at radius 1 is 1.75 bits per heavy atom. The van der Waals surface area contributed by atoms with Crippen LogP contribution >= 0.6 is 11.8 Å². The first kappa shape index (κ1) is 9.83. The lowest BCUT2D eigenvalue weighted by atomic mass is 10.3. The summed E-state index contributed by atoms with van der Waals surface area (Å²) in [6.45, 7) is 1.39. The summed E-state index contributed by atoms with van der Waals surface area (Å²) in [5.41, 5.74) is 0. The Balaban J connectivity index is 2.18. The van der Waals surface area contributed by atoms with Crippen LogP contribution in [0.1, 0.15) is 0 Å². The number of aliphatic hydroxyl groups excluding tert-OH is 1. The van der Waals surface area contributed by atoms with E-state index in [2.05, 4.69) is 10.1 Å². The summed E-state index contributed by atoms with van der Waals surface area (Å²) in [5, 5.41) is 12.5. The number of methoxy groups -OCH3 is 1. The fourth-order valence-electron chi connectivity index (χ4n) is 1.04. The van der Waals surface area contributed by atoms with Crippen LogP contribution in [0, 0.1) is 0 Å². The van der Waals surface area contributed by atoms with Crippen molar-refractivity contribution in [3.63, 3.8) is 0 Å². The molecule has 1 aliphatic heterocycles. The third-order valence-electron chi connectivity index (χ3n) is 1.77. The fraction of sp³-hybridized carbons (Fsp3) is 0.857. The predicted molar refractivity (Wildman–Crippen MR) is 47.1 cm³/mol. The van der Waals surface area contributed by atoms with Crippen LogP contribution < -0.4 is 5.32 Å². The molecule has 1 saturated heterocycles. The molecule has 0 saturated carbocycles. The van der Waals surface area contributed by atoms with Gasteiger partial charge in [-0.2, -0.15) is 0 Å². The van der Waals surface area contributed by atoms with E-state index in [0.29, 0.717) is 12.3 Å². The van der Waals surface area contributed by atoms with Crippen molar-refractivity contribution < 1.29 is 14.6 Å². The van der Waals surface area contributed by atoms with Gasteiger partial charge in [-0.1, -0.05) is 0 Å². The molecular formula is C7H13NO3S. The van der Waals surface area contributed by atoms with E-state index in [1.54, 1.807) is 0 Å². The largest absolute Gasteiger partial charge is 0.468 e. The van der Waals surface area contributed by atoms with Crippen LogP contribution in [-0.4, -0.2) is 48.4 Å². The normalized spacial score (nSPS) is 28.8. The maximum absolute atomic E-state index is 10.7. The number of aliphatic hydroxyl groups is 1. The Morgan fingerprint density at radius 2 is 2.50 bits per heavy atom. The van der Waals surface area contributed by atoms with E-state index in [1.165, 1.54) is 18.9 Å². The van der Waals surface area contributed by atoms with E-state index in [0.717, 1.165) is 6.54 Å². The number of nitrogens with one attached hydrogen (secondary N) is 1. The molecule has 0 aromatic heterocycles. The average molecular weight is 191 g/mol. The van der Waals surface area contributed by atoms with Crippen molar-refractivity contribution in [2.45, 2.75) is 11.4 Å². The van der Waals surface area contributed by atoms with Crippen molar-refractivity contribution in [3.8, 4) is 0 Å². The molecule has 5 heteroatoms. The van der Waals surface area contributed by atoms with E-state index in [4.69, 9.17) is 0 Å². The van der Waals surface area contributed by atoms with E-state index in [1.807, 2.05) is 0 Å². The van der Waals surface area contributed by atoms with Crippen LogP contribution in [0.5, 0.6) is 0 Å². The van der Waals surface area contributed by atoms with Gasteiger partial charge in [0.15, 0.2) is 0 Å². The van der Waals surface area contributed by atoms with Crippen LogP contribution in [0.2, 0.25) is 0 Å². The van der Waals surface area contributed by atoms with Crippen LogP contribution in [0.3, 0.4) is 0 Å². The van der Waals surface area contributed by atoms with Gasteiger partial charge in [0.25, 0.3) is 0 Å². The summed E-state index contributed by atoms with van der Waals surface area (Å²) in [4.78, 5) is 10.7. The molecule has 0 bridgehead atoms. The first-order valence-corrected chi connectivity index (χ1v) is 4.86. The number of carbonyl (C=O) groups excluding carboxylic acids is 1. The number of hydrogen-bond donors (Lipinski definition) is 2. The lowest BCUT2D eigenvalue weighted by Gasteiger charge is -2.10. The van der Waals surface area contributed by atoms with E-state index >= 15 is 0 Å². The van der Waals surface area contributed by atoms with Gasteiger partial charge in [0.1, 0.15) is 0 Å². The van der Waals surface area contributed by atoms with Gasteiger partial charge >= 0.3 is 5.97 Å². The highest BCUT2D eigenvalue weighted by atomic mass is 32.2. The SMILES string of the molecule is COC(=O)CSC1CNCC1O. The predicted octanol–water partition coefficient (Wildman–Crippen LogP) is -0.775. The highest BCUT2D eigenvalue weighted by Gasteiger charge is 2.25. The number of carbonyl (C=O) groups is 1. The van der Waals surface area contributed by atoms with Crippen molar-refractivity contribution in [2.75, 3.05) is 26.0 Å². The second-order valence-electron chi connectivity index (χ2n) is 2.65. The highest BCUT2D eigenvalue weighted by molar-refractivity contribution is 8.00. The molecule has 12 heavy (non-hydrogen) atoms. The van der Waals surface area contributed by atoms with Crippen LogP contribution in [0.15, 0.2) is 0 Å². The smallest absolute Gasteiger partial charge is 0.315 e. The van der Waals surface area contributed by atoms with Crippen LogP contribution in [-0.2, 0) is 9.53 Å². The molecule has 70 valence electrons. The quantitative estimate of drug-likeness (QED) is 0.573. The van der Waals surface area contributed by atoms with Gasteiger partial charge in [-0.05, 0) is 0 Å². The number of esters is 1.